The maximum Gasteiger partial charge on any atom is 0.151 e. The largest absolute Gasteiger partial charge is 0.512 e. The first kappa shape index (κ1) is 24.5. The molecule has 5 nitrogen and oxygen atoms in total. The molecule has 0 saturated carbocycles. The summed E-state index contributed by atoms with van der Waals surface area (Å²) in [6.45, 7) is 3.99. The zero-order valence-electron chi connectivity index (χ0n) is 20.8. The van der Waals surface area contributed by atoms with E-state index in [1.807, 2.05) is 24.3 Å². The highest BCUT2D eigenvalue weighted by atomic mass is 35.5. The van der Waals surface area contributed by atoms with Crippen LogP contribution in [0.15, 0.2) is 59.9 Å². The molecule has 0 fully saturated rings. The number of fused-ring (bicyclic) bond motifs is 1. The topological polar surface area (TPSA) is 66.3 Å². The van der Waals surface area contributed by atoms with Gasteiger partial charge in [0.05, 0.1) is 29.3 Å². The van der Waals surface area contributed by atoms with Gasteiger partial charge in [-0.3, -0.25) is 4.79 Å². The smallest absolute Gasteiger partial charge is 0.151 e. The molecule has 0 bridgehead atoms. The third-order valence-corrected chi connectivity index (χ3v) is 7.37. The zero-order chi connectivity index (χ0) is 25.1. The number of carbonyl (C=O) groups excluding carboxylic acids is 1. The second-order valence-electron chi connectivity index (χ2n) is 9.91. The van der Waals surface area contributed by atoms with Crippen LogP contribution in [0.25, 0.3) is 22.5 Å². The Morgan fingerprint density at radius 1 is 0.917 bits per heavy atom. The maximum atomic E-state index is 11.5. The van der Waals surface area contributed by atoms with Crippen molar-refractivity contribution in [2.45, 2.75) is 58.3 Å². The van der Waals surface area contributed by atoms with Gasteiger partial charge in [-0.2, -0.15) is 0 Å². The second-order valence-corrected chi connectivity index (χ2v) is 10.3. The lowest BCUT2D eigenvalue weighted by atomic mass is 10.0. The number of hydrogen-bond donors (Lipinski definition) is 1. The standard InChI is InChI=1S/C30H32ClN3O2/c1-20-8-10-21(11-9-20)28-29(22-12-14-24(31)15-13-22)33-30-26(32-28)7-5-17-34(30)16-4-2-3-6-23-18-25(35)19-27(23)36/h8-15,36H,2-7,16-19H2,1H3. The van der Waals surface area contributed by atoms with E-state index < -0.39 is 0 Å². The average molecular weight is 502 g/mol. The number of aliphatic hydroxyl groups excluding tert-OH is 1. The van der Waals surface area contributed by atoms with Crippen molar-refractivity contribution >= 4 is 23.2 Å². The van der Waals surface area contributed by atoms with Crippen LogP contribution in [0.3, 0.4) is 0 Å². The van der Waals surface area contributed by atoms with Crippen LogP contribution in [0, 0.1) is 6.92 Å². The first-order valence-corrected chi connectivity index (χ1v) is 13.3. The Morgan fingerprint density at radius 2 is 1.61 bits per heavy atom. The molecule has 0 atom stereocenters. The highest BCUT2D eigenvalue weighted by molar-refractivity contribution is 6.30. The van der Waals surface area contributed by atoms with E-state index in [9.17, 15) is 9.90 Å². The summed E-state index contributed by atoms with van der Waals surface area (Å²) in [5.74, 6) is 1.43. The van der Waals surface area contributed by atoms with Crippen molar-refractivity contribution in [2.24, 2.45) is 0 Å². The van der Waals surface area contributed by atoms with Crippen LogP contribution < -0.4 is 4.90 Å². The fraction of sp³-hybridized carbons (Fsp3) is 0.367. The molecule has 2 aromatic carbocycles. The van der Waals surface area contributed by atoms with Gasteiger partial charge in [0.2, 0.25) is 0 Å². The van der Waals surface area contributed by atoms with E-state index in [4.69, 9.17) is 21.6 Å². The first-order chi connectivity index (χ1) is 17.5. The van der Waals surface area contributed by atoms with E-state index in [1.165, 1.54) is 5.56 Å². The molecule has 0 unspecified atom stereocenters. The minimum absolute atomic E-state index is 0.132. The van der Waals surface area contributed by atoms with E-state index in [0.717, 1.165) is 91.2 Å². The predicted molar refractivity (Wildman–Crippen MR) is 146 cm³/mol. The number of unbranched alkanes of at least 4 members (excludes halogenated alkanes) is 2. The van der Waals surface area contributed by atoms with E-state index in [-0.39, 0.29) is 12.2 Å². The van der Waals surface area contributed by atoms with Crippen molar-refractivity contribution in [3.05, 3.63) is 76.1 Å². The van der Waals surface area contributed by atoms with Crippen molar-refractivity contribution in [2.75, 3.05) is 18.0 Å². The Balaban J connectivity index is 1.36. The molecule has 1 N–H and O–H groups in total. The van der Waals surface area contributed by atoms with Crippen molar-refractivity contribution < 1.29 is 9.90 Å². The SMILES string of the molecule is Cc1ccc(-c2nc3c(nc2-c2ccc(Cl)cc2)N(CCCCCC2=C(O)CC(=O)C2)CCC3)cc1. The molecule has 0 radical (unpaired) electrons. The minimum Gasteiger partial charge on any atom is -0.512 e. The van der Waals surface area contributed by atoms with Crippen molar-refractivity contribution in [1.82, 2.24) is 9.97 Å². The fourth-order valence-electron chi connectivity index (χ4n) is 5.13. The monoisotopic (exact) mass is 501 g/mol. The van der Waals surface area contributed by atoms with Crippen LogP contribution >= 0.6 is 11.6 Å². The summed E-state index contributed by atoms with van der Waals surface area (Å²) in [5.41, 5.74) is 7.09. The Kier molecular flexibility index (Phi) is 7.38. The van der Waals surface area contributed by atoms with Gasteiger partial charge in [0.1, 0.15) is 5.78 Å². The number of halogens is 1. The van der Waals surface area contributed by atoms with Gasteiger partial charge >= 0.3 is 0 Å². The van der Waals surface area contributed by atoms with E-state index in [2.05, 4.69) is 36.1 Å². The molecule has 2 aliphatic rings. The van der Waals surface area contributed by atoms with Gasteiger partial charge in [0.25, 0.3) is 0 Å². The number of aliphatic hydroxyl groups is 1. The molecule has 186 valence electrons. The third kappa shape index (κ3) is 5.46. The molecule has 1 aliphatic carbocycles. The fourth-order valence-corrected chi connectivity index (χ4v) is 5.26. The molecule has 2 heterocycles. The van der Waals surface area contributed by atoms with E-state index in [0.29, 0.717) is 17.2 Å². The third-order valence-electron chi connectivity index (χ3n) is 7.12. The van der Waals surface area contributed by atoms with Crippen molar-refractivity contribution in [3.63, 3.8) is 0 Å². The summed E-state index contributed by atoms with van der Waals surface area (Å²) in [6.07, 6.45) is 6.54. The molecule has 0 amide bonds. The van der Waals surface area contributed by atoms with Gasteiger partial charge in [-0.05, 0) is 56.7 Å². The Hall–Kier alpha value is -3.18. The van der Waals surface area contributed by atoms with Gasteiger partial charge in [-0.1, -0.05) is 60.0 Å². The van der Waals surface area contributed by atoms with Gasteiger partial charge in [-0.15, -0.1) is 0 Å². The Bertz CT molecular complexity index is 1280. The van der Waals surface area contributed by atoms with Crippen LogP contribution in [0.5, 0.6) is 0 Å². The zero-order valence-corrected chi connectivity index (χ0v) is 21.5. The molecular weight excluding hydrogens is 470 g/mol. The molecule has 3 aromatic rings. The summed E-state index contributed by atoms with van der Waals surface area (Å²) < 4.78 is 0. The van der Waals surface area contributed by atoms with Crippen molar-refractivity contribution in [1.29, 1.82) is 0 Å². The van der Waals surface area contributed by atoms with Gasteiger partial charge in [0, 0.05) is 35.7 Å². The molecule has 0 saturated heterocycles. The van der Waals surface area contributed by atoms with Crippen LogP contribution in [-0.2, 0) is 11.2 Å². The predicted octanol–water partition coefficient (Wildman–Crippen LogP) is 7.26. The molecular formula is C30H32ClN3O2. The minimum atomic E-state index is 0.132. The van der Waals surface area contributed by atoms with E-state index in [1.54, 1.807) is 0 Å². The number of anilines is 1. The highest BCUT2D eigenvalue weighted by Gasteiger charge is 2.24. The number of benzene rings is 2. The number of Topliss-reactive ketones (excluding diaryl/α,β-unsaturated/α-hetero) is 1. The Morgan fingerprint density at radius 3 is 2.31 bits per heavy atom. The number of aromatic nitrogens is 2. The van der Waals surface area contributed by atoms with Crippen molar-refractivity contribution in [3.8, 4) is 22.5 Å². The number of aryl methyl sites for hydroxylation is 2. The lowest BCUT2D eigenvalue weighted by molar-refractivity contribution is -0.117. The molecule has 1 aromatic heterocycles. The maximum absolute atomic E-state index is 11.5. The lowest BCUT2D eigenvalue weighted by Gasteiger charge is -2.30. The lowest BCUT2D eigenvalue weighted by Crippen LogP contribution is -2.32. The van der Waals surface area contributed by atoms with E-state index >= 15 is 0 Å². The van der Waals surface area contributed by atoms with Gasteiger partial charge in [-0.25, -0.2) is 9.97 Å². The first-order valence-electron chi connectivity index (χ1n) is 12.9. The Labute approximate surface area is 217 Å². The molecule has 1 aliphatic heterocycles. The second kappa shape index (κ2) is 10.8. The summed E-state index contributed by atoms with van der Waals surface area (Å²) in [6, 6.07) is 16.3. The summed E-state index contributed by atoms with van der Waals surface area (Å²) in [7, 11) is 0. The molecule has 5 rings (SSSR count). The number of hydrogen-bond acceptors (Lipinski definition) is 5. The summed E-state index contributed by atoms with van der Waals surface area (Å²) in [5, 5.41) is 10.6. The molecule has 36 heavy (non-hydrogen) atoms. The van der Waals surface area contributed by atoms with Crippen LogP contribution in [-0.4, -0.2) is 33.9 Å². The average Bonchev–Trinajstić information content (AvgIpc) is 3.20. The quantitative estimate of drug-likeness (QED) is 0.329. The van der Waals surface area contributed by atoms with Gasteiger partial charge in [0.15, 0.2) is 5.82 Å². The number of rotatable bonds is 8. The number of ketones is 1. The molecule has 0 spiro atoms. The highest BCUT2D eigenvalue weighted by Crippen LogP contribution is 2.35. The van der Waals surface area contributed by atoms with Crippen LogP contribution in [0.1, 0.15) is 56.2 Å². The van der Waals surface area contributed by atoms with Gasteiger partial charge < -0.3 is 10.0 Å². The van der Waals surface area contributed by atoms with Crippen LogP contribution in [0.4, 0.5) is 5.82 Å². The normalized spacial score (nSPS) is 15.5. The van der Waals surface area contributed by atoms with Crippen LogP contribution in [0.2, 0.25) is 5.02 Å². The number of carbonyl (C=O) groups is 1. The number of nitrogens with zero attached hydrogens (tertiary/aromatic N) is 3. The summed E-state index contributed by atoms with van der Waals surface area (Å²) in [4.78, 5) is 24.3. The number of allylic oxidation sites excluding steroid dienone is 2. The molecule has 6 heteroatoms. The summed E-state index contributed by atoms with van der Waals surface area (Å²) >= 11 is 6.17.